The third-order valence-electron chi connectivity index (χ3n) is 4.16. The second-order valence-electron chi connectivity index (χ2n) is 6.51. The number of nitrogens with one attached hydrogen (secondary N) is 1. The molecule has 0 aliphatic heterocycles. The Kier molecular flexibility index (Phi) is 7.61. The van der Waals surface area contributed by atoms with Crippen molar-refractivity contribution in [3.63, 3.8) is 0 Å². The van der Waals surface area contributed by atoms with E-state index in [9.17, 15) is 22.0 Å². The Morgan fingerprint density at radius 1 is 1.14 bits per heavy atom. The standard InChI is InChI=1S/C19H23F2N3O3S/c1-24(13-15-4-5-16(20)12-18(15)21)11-9-19(25)23-10-8-14-2-6-17(7-3-14)28(22,26)27/h2-7,12H,8-11,13H2,1H3,(H,23,25)(H2,22,26,27). The first kappa shape index (κ1) is 21.9. The van der Waals surface area contributed by atoms with Crippen LogP contribution in [-0.2, 0) is 27.8 Å². The van der Waals surface area contributed by atoms with Gasteiger partial charge >= 0.3 is 0 Å². The van der Waals surface area contributed by atoms with Crippen molar-refractivity contribution in [2.75, 3.05) is 20.1 Å². The van der Waals surface area contributed by atoms with Crippen LogP contribution >= 0.6 is 0 Å². The van der Waals surface area contributed by atoms with E-state index in [0.717, 1.165) is 11.6 Å². The van der Waals surface area contributed by atoms with Crippen molar-refractivity contribution in [1.29, 1.82) is 0 Å². The van der Waals surface area contributed by atoms with Crippen LogP contribution in [0.3, 0.4) is 0 Å². The molecule has 0 fully saturated rings. The third kappa shape index (κ3) is 6.99. The molecule has 0 radical (unpaired) electrons. The number of rotatable bonds is 9. The van der Waals surface area contributed by atoms with Crippen LogP contribution in [0.5, 0.6) is 0 Å². The van der Waals surface area contributed by atoms with Gasteiger partial charge in [0.2, 0.25) is 15.9 Å². The maximum absolute atomic E-state index is 13.6. The van der Waals surface area contributed by atoms with E-state index >= 15 is 0 Å². The zero-order valence-corrected chi connectivity index (χ0v) is 16.3. The second-order valence-corrected chi connectivity index (χ2v) is 8.07. The Morgan fingerprint density at radius 3 is 2.43 bits per heavy atom. The largest absolute Gasteiger partial charge is 0.356 e. The molecule has 6 nitrogen and oxygen atoms in total. The molecule has 0 atom stereocenters. The minimum atomic E-state index is -3.71. The van der Waals surface area contributed by atoms with Gasteiger partial charge in [-0.2, -0.15) is 0 Å². The summed E-state index contributed by atoms with van der Waals surface area (Å²) in [5.74, 6) is -1.38. The first-order valence-corrected chi connectivity index (χ1v) is 10.2. The first-order valence-electron chi connectivity index (χ1n) is 8.66. The lowest BCUT2D eigenvalue weighted by Crippen LogP contribution is -2.30. The summed E-state index contributed by atoms with van der Waals surface area (Å²) < 4.78 is 49.0. The van der Waals surface area contributed by atoms with Crippen LogP contribution in [-0.4, -0.2) is 39.4 Å². The molecule has 0 aliphatic rings. The minimum Gasteiger partial charge on any atom is -0.356 e. The molecule has 0 bridgehead atoms. The van der Waals surface area contributed by atoms with Gasteiger partial charge in [-0.1, -0.05) is 18.2 Å². The Hall–Kier alpha value is -2.36. The van der Waals surface area contributed by atoms with Crippen LogP contribution in [0.4, 0.5) is 8.78 Å². The molecule has 0 unspecified atom stereocenters. The summed E-state index contributed by atoms with van der Waals surface area (Å²) in [6.07, 6.45) is 0.789. The molecule has 2 aromatic carbocycles. The van der Waals surface area contributed by atoms with Crippen LogP contribution in [0.15, 0.2) is 47.4 Å². The van der Waals surface area contributed by atoms with Crippen LogP contribution in [0.2, 0.25) is 0 Å². The highest BCUT2D eigenvalue weighted by molar-refractivity contribution is 7.89. The van der Waals surface area contributed by atoms with Crippen LogP contribution in [0.1, 0.15) is 17.5 Å². The number of halogens is 2. The van der Waals surface area contributed by atoms with Crippen LogP contribution in [0.25, 0.3) is 0 Å². The molecule has 28 heavy (non-hydrogen) atoms. The molecular weight excluding hydrogens is 388 g/mol. The molecule has 0 aromatic heterocycles. The normalized spacial score (nSPS) is 11.6. The number of carbonyl (C=O) groups is 1. The number of primary sulfonamides is 1. The predicted molar refractivity (Wildman–Crippen MR) is 102 cm³/mol. The average Bonchev–Trinajstić information content (AvgIpc) is 2.62. The van der Waals surface area contributed by atoms with Gasteiger partial charge in [-0.05, 0) is 37.2 Å². The van der Waals surface area contributed by atoms with Crippen molar-refractivity contribution >= 4 is 15.9 Å². The number of amides is 1. The molecule has 0 heterocycles. The van der Waals surface area contributed by atoms with Crippen molar-refractivity contribution in [1.82, 2.24) is 10.2 Å². The van der Waals surface area contributed by atoms with Gasteiger partial charge in [-0.15, -0.1) is 0 Å². The summed E-state index contributed by atoms with van der Waals surface area (Å²) in [5.41, 5.74) is 1.24. The maximum atomic E-state index is 13.6. The lowest BCUT2D eigenvalue weighted by Gasteiger charge is -2.17. The summed E-state index contributed by atoms with van der Waals surface area (Å²) in [7, 11) is -1.96. The lowest BCUT2D eigenvalue weighted by molar-refractivity contribution is -0.121. The lowest BCUT2D eigenvalue weighted by atomic mass is 10.1. The number of hydrogen-bond acceptors (Lipinski definition) is 4. The zero-order chi connectivity index (χ0) is 20.7. The van der Waals surface area contributed by atoms with E-state index in [4.69, 9.17) is 5.14 Å². The van der Waals surface area contributed by atoms with E-state index in [0.29, 0.717) is 25.1 Å². The Bertz CT molecular complexity index is 919. The van der Waals surface area contributed by atoms with E-state index in [-0.39, 0.29) is 23.8 Å². The smallest absolute Gasteiger partial charge is 0.238 e. The van der Waals surface area contributed by atoms with Gasteiger partial charge in [0.1, 0.15) is 11.6 Å². The van der Waals surface area contributed by atoms with Crippen molar-refractivity contribution in [3.05, 3.63) is 65.2 Å². The fourth-order valence-electron chi connectivity index (χ4n) is 2.59. The summed E-state index contributed by atoms with van der Waals surface area (Å²) in [6.45, 7) is 1.10. The molecule has 9 heteroatoms. The number of sulfonamides is 1. The minimum absolute atomic E-state index is 0.0425. The van der Waals surface area contributed by atoms with Crippen molar-refractivity contribution in [2.24, 2.45) is 5.14 Å². The maximum Gasteiger partial charge on any atom is 0.238 e. The summed E-state index contributed by atoms with van der Waals surface area (Å²) in [5, 5.41) is 7.82. The molecule has 1 amide bonds. The number of benzene rings is 2. The molecule has 0 aliphatic carbocycles. The quantitative estimate of drug-likeness (QED) is 0.658. The third-order valence-corrected chi connectivity index (χ3v) is 5.09. The highest BCUT2D eigenvalue weighted by Crippen LogP contribution is 2.12. The first-order chi connectivity index (χ1) is 13.1. The van der Waals surface area contributed by atoms with Crippen LogP contribution < -0.4 is 10.5 Å². The SMILES string of the molecule is CN(CCC(=O)NCCc1ccc(S(N)(=O)=O)cc1)Cc1ccc(F)cc1F. The predicted octanol–water partition coefficient (Wildman–Crippen LogP) is 1.79. The van der Waals surface area contributed by atoms with Gasteiger partial charge in [0.15, 0.2) is 0 Å². The Labute approximate surface area is 163 Å². The van der Waals surface area contributed by atoms with E-state index < -0.39 is 21.7 Å². The van der Waals surface area contributed by atoms with Gasteiger partial charge in [-0.3, -0.25) is 4.79 Å². The van der Waals surface area contributed by atoms with E-state index in [2.05, 4.69) is 5.32 Å². The Balaban J connectivity index is 1.71. The summed E-state index contributed by atoms with van der Waals surface area (Å²) in [6, 6.07) is 9.59. The fourth-order valence-corrected chi connectivity index (χ4v) is 3.11. The van der Waals surface area contributed by atoms with Gasteiger partial charge in [0, 0.05) is 37.7 Å². The average molecular weight is 411 g/mol. The van der Waals surface area contributed by atoms with Gasteiger partial charge in [0.25, 0.3) is 0 Å². The van der Waals surface area contributed by atoms with Crippen LogP contribution in [0, 0.1) is 11.6 Å². The fraction of sp³-hybridized carbons (Fsp3) is 0.316. The van der Waals surface area contributed by atoms with Crippen molar-refractivity contribution in [2.45, 2.75) is 24.3 Å². The molecule has 152 valence electrons. The van der Waals surface area contributed by atoms with E-state index in [1.807, 2.05) is 0 Å². The van der Waals surface area contributed by atoms with Gasteiger partial charge < -0.3 is 10.2 Å². The molecule has 3 N–H and O–H groups in total. The molecule has 0 saturated heterocycles. The molecular formula is C19H23F2N3O3S. The monoisotopic (exact) mass is 411 g/mol. The van der Waals surface area contributed by atoms with E-state index in [1.165, 1.54) is 24.3 Å². The number of nitrogens with two attached hydrogens (primary N) is 1. The molecule has 0 spiro atoms. The summed E-state index contributed by atoms with van der Waals surface area (Å²) >= 11 is 0. The number of carbonyl (C=O) groups excluding carboxylic acids is 1. The van der Waals surface area contributed by atoms with Crippen molar-refractivity contribution in [3.8, 4) is 0 Å². The highest BCUT2D eigenvalue weighted by Gasteiger charge is 2.10. The summed E-state index contributed by atoms with van der Waals surface area (Å²) in [4.78, 5) is 13.8. The number of nitrogens with zero attached hydrogens (tertiary/aromatic N) is 1. The highest BCUT2D eigenvalue weighted by atomic mass is 32.2. The van der Waals surface area contributed by atoms with Gasteiger partial charge in [0.05, 0.1) is 4.90 Å². The zero-order valence-electron chi connectivity index (χ0n) is 15.5. The van der Waals surface area contributed by atoms with E-state index in [1.54, 1.807) is 24.1 Å². The molecule has 2 aromatic rings. The topological polar surface area (TPSA) is 92.5 Å². The second kappa shape index (κ2) is 9.72. The molecule has 2 rings (SSSR count). The van der Waals surface area contributed by atoms with Crippen molar-refractivity contribution < 1.29 is 22.0 Å². The number of hydrogen-bond donors (Lipinski definition) is 2. The van der Waals surface area contributed by atoms with Gasteiger partial charge in [-0.25, -0.2) is 22.3 Å². The molecule has 0 saturated carbocycles. The Morgan fingerprint density at radius 2 is 1.82 bits per heavy atom.